The number of nitrogens with one attached hydrogen (secondary N) is 1. The Kier molecular flexibility index (Phi) is 7.94. The highest BCUT2D eigenvalue weighted by Crippen LogP contribution is 2.27. The van der Waals surface area contributed by atoms with E-state index in [0.717, 1.165) is 11.3 Å². The molecule has 0 radical (unpaired) electrons. The predicted molar refractivity (Wildman–Crippen MR) is 133 cm³/mol. The van der Waals surface area contributed by atoms with Gasteiger partial charge in [0.2, 0.25) is 5.91 Å². The number of benzene rings is 2. The van der Waals surface area contributed by atoms with Crippen LogP contribution in [0.2, 0.25) is 5.02 Å². The van der Waals surface area contributed by atoms with Crippen LogP contribution in [0.5, 0.6) is 5.75 Å². The highest BCUT2D eigenvalue weighted by Gasteiger charge is 2.16. The molecule has 0 saturated carbocycles. The van der Waals surface area contributed by atoms with Crippen LogP contribution in [0.3, 0.4) is 0 Å². The largest absolute Gasteiger partial charge is 0.484 e. The van der Waals surface area contributed by atoms with Gasteiger partial charge in [0, 0.05) is 17.5 Å². The van der Waals surface area contributed by atoms with Crippen molar-refractivity contribution < 1.29 is 13.9 Å². The third-order valence-corrected chi connectivity index (χ3v) is 6.53. The average Bonchev–Trinajstić information content (AvgIpc) is 3.45. The smallest absolute Gasteiger partial charge is 0.236 e. The Morgan fingerprint density at radius 2 is 2.09 bits per heavy atom. The number of hydrogen-bond donors (Lipinski definition) is 1. The van der Waals surface area contributed by atoms with Crippen molar-refractivity contribution in [1.29, 1.82) is 0 Å². The van der Waals surface area contributed by atoms with Crippen molar-refractivity contribution in [2.24, 2.45) is 0 Å². The molecule has 4 aromatic rings. The van der Waals surface area contributed by atoms with E-state index in [1.54, 1.807) is 10.6 Å². The van der Waals surface area contributed by atoms with Crippen LogP contribution in [0.25, 0.3) is 11.3 Å². The van der Waals surface area contributed by atoms with E-state index in [0.29, 0.717) is 28.4 Å². The monoisotopic (exact) mass is 515 g/mol. The molecule has 0 aliphatic heterocycles. The fraction of sp³-hybridized carbons (Fsp3) is 0.130. The lowest BCUT2D eigenvalue weighted by atomic mass is 10.2. The molecule has 2 aromatic heterocycles. The summed E-state index contributed by atoms with van der Waals surface area (Å²) in [5.74, 6) is 0.333. The van der Waals surface area contributed by atoms with Crippen molar-refractivity contribution in [3.8, 4) is 17.0 Å². The minimum atomic E-state index is -0.446. The van der Waals surface area contributed by atoms with Crippen molar-refractivity contribution in [3.05, 3.63) is 83.2 Å². The van der Waals surface area contributed by atoms with Crippen LogP contribution in [0.4, 0.5) is 9.52 Å². The standard InChI is InChI=1S/C23H19ClFN5O2S2/c1-2-10-30-20(12-32-19-9-8-16(25)11-17(19)24)28-29-23(30)34-14-21(31)27-22-26-18(13-33-22)15-6-4-3-5-7-15/h2-9,11,13H,1,10,12,14H2,(H,26,27,31). The summed E-state index contributed by atoms with van der Waals surface area (Å²) in [6, 6.07) is 13.6. The molecule has 0 aliphatic carbocycles. The zero-order valence-corrected chi connectivity index (χ0v) is 20.2. The summed E-state index contributed by atoms with van der Waals surface area (Å²) in [6.45, 7) is 4.26. The van der Waals surface area contributed by atoms with Gasteiger partial charge in [0.15, 0.2) is 16.1 Å². The van der Waals surface area contributed by atoms with E-state index < -0.39 is 5.82 Å². The quantitative estimate of drug-likeness (QED) is 0.216. The molecule has 0 aliphatic rings. The number of aromatic nitrogens is 4. The van der Waals surface area contributed by atoms with Gasteiger partial charge >= 0.3 is 0 Å². The van der Waals surface area contributed by atoms with Gasteiger partial charge in [-0.25, -0.2) is 9.37 Å². The fourth-order valence-corrected chi connectivity index (χ4v) is 4.66. The number of hydrogen-bond acceptors (Lipinski definition) is 7. The first kappa shape index (κ1) is 23.9. The summed E-state index contributed by atoms with van der Waals surface area (Å²) in [7, 11) is 0. The topological polar surface area (TPSA) is 81.9 Å². The number of anilines is 1. The molecule has 2 heterocycles. The first-order valence-corrected chi connectivity index (χ1v) is 12.3. The van der Waals surface area contributed by atoms with Gasteiger partial charge in [-0.2, -0.15) is 0 Å². The van der Waals surface area contributed by atoms with Crippen LogP contribution in [0, 0.1) is 5.82 Å². The molecule has 1 amide bonds. The van der Waals surface area contributed by atoms with Gasteiger partial charge in [-0.3, -0.25) is 9.36 Å². The molecule has 0 atom stereocenters. The summed E-state index contributed by atoms with van der Waals surface area (Å²) >= 11 is 8.62. The molecular formula is C23H19ClFN5O2S2. The van der Waals surface area contributed by atoms with Gasteiger partial charge in [-0.1, -0.05) is 59.8 Å². The number of halogens is 2. The first-order valence-electron chi connectivity index (χ1n) is 10.1. The number of allylic oxidation sites excluding steroid dienone is 1. The maximum atomic E-state index is 13.2. The van der Waals surface area contributed by atoms with E-state index in [2.05, 4.69) is 27.1 Å². The Morgan fingerprint density at radius 3 is 2.85 bits per heavy atom. The normalized spacial score (nSPS) is 10.8. The minimum absolute atomic E-state index is 0.0698. The van der Waals surface area contributed by atoms with Gasteiger partial charge in [0.25, 0.3) is 0 Å². The Labute approximate surface area is 208 Å². The highest BCUT2D eigenvalue weighted by atomic mass is 35.5. The second kappa shape index (κ2) is 11.3. The number of thioether (sulfide) groups is 1. The second-order valence-corrected chi connectivity index (χ2v) is 9.11. The lowest BCUT2D eigenvalue weighted by Gasteiger charge is -2.10. The molecule has 1 N–H and O–H groups in total. The summed E-state index contributed by atoms with van der Waals surface area (Å²) in [5.41, 5.74) is 1.80. The number of rotatable bonds is 10. The summed E-state index contributed by atoms with van der Waals surface area (Å²) in [6.07, 6.45) is 1.70. The Balaban J connectivity index is 1.36. The van der Waals surface area contributed by atoms with Crippen LogP contribution in [-0.4, -0.2) is 31.4 Å². The first-order chi connectivity index (χ1) is 16.5. The van der Waals surface area contributed by atoms with E-state index in [1.807, 2.05) is 35.7 Å². The fourth-order valence-electron chi connectivity index (χ4n) is 2.94. The third kappa shape index (κ3) is 6.02. The summed E-state index contributed by atoms with van der Waals surface area (Å²) < 4.78 is 20.7. The zero-order valence-electron chi connectivity index (χ0n) is 17.8. The van der Waals surface area contributed by atoms with E-state index in [1.165, 1.54) is 41.3 Å². The number of carbonyl (C=O) groups is 1. The maximum Gasteiger partial charge on any atom is 0.236 e. The molecule has 11 heteroatoms. The maximum absolute atomic E-state index is 13.2. The Hall–Kier alpha value is -3.21. The molecule has 0 bridgehead atoms. The Morgan fingerprint density at radius 1 is 1.26 bits per heavy atom. The molecule has 4 rings (SSSR count). The van der Waals surface area contributed by atoms with Gasteiger partial charge in [-0.15, -0.1) is 28.1 Å². The third-order valence-electron chi connectivity index (χ3n) is 4.51. The van der Waals surface area contributed by atoms with Crippen LogP contribution in [0.15, 0.2) is 71.7 Å². The van der Waals surface area contributed by atoms with Gasteiger partial charge in [-0.05, 0) is 18.2 Å². The van der Waals surface area contributed by atoms with Crippen molar-refractivity contribution in [2.75, 3.05) is 11.1 Å². The summed E-state index contributed by atoms with van der Waals surface area (Å²) in [4.78, 5) is 16.9. The molecular weight excluding hydrogens is 497 g/mol. The minimum Gasteiger partial charge on any atom is -0.484 e. The van der Waals surface area contributed by atoms with Gasteiger partial charge in [0.05, 0.1) is 16.5 Å². The second-order valence-electron chi connectivity index (χ2n) is 6.90. The lowest BCUT2D eigenvalue weighted by molar-refractivity contribution is -0.113. The van der Waals surface area contributed by atoms with Crippen molar-refractivity contribution in [1.82, 2.24) is 19.7 Å². The van der Waals surface area contributed by atoms with Crippen LogP contribution >= 0.6 is 34.7 Å². The number of ether oxygens (including phenoxy) is 1. The summed E-state index contributed by atoms with van der Waals surface area (Å²) in [5, 5.41) is 14.3. The SMILES string of the molecule is C=CCn1c(COc2ccc(F)cc2Cl)nnc1SCC(=O)Nc1nc(-c2ccccc2)cs1. The van der Waals surface area contributed by atoms with E-state index in [9.17, 15) is 9.18 Å². The van der Waals surface area contributed by atoms with E-state index in [-0.39, 0.29) is 23.3 Å². The van der Waals surface area contributed by atoms with Gasteiger partial charge in [0.1, 0.15) is 18.2 Å². The van der Waals surface area contributed by atoms with Crippen LogP contribution in [-0.2, 0) is 17.9 Å². The average molecular weight is 516 g/mol. The number of nitrogens with zero attached hydrogens (tertiary/aromatic N) is 4. The van der Waals surface area contributed by atoms with Crippen LogP contribution in [0.1, 0.15) is 5.82 Å². The molecule has 0 fully saturated rings. The molecule has 0 unspecified atom stereocenters. The molecule has 0 saturated heterocycles. The number of carbonyl (C=O) groups excluding carboxylic acids is 1. The number of amides is 1. The van der Waals surface area contributed by atoms with Crippen molar-refractivity contribution in [2.45, 2.75) is 18.3 Å². The molecule has 0 spiro atoms. The van der Waals surface area contributed by atoms with Crippen molar-refractivity contribution >= 4 is 45.7 Å². The van der Waals surface area contributed by atoms with Crippen LogP contribution < -0.4 is 10.1 Å². The lowest BCUT2D eigenvalue weighted by Crippen LogP contribution is -2.15. The highest BCUT2D eigenvalue weighted by molar-refractivity contribution is 7.99. The number of thiazole rings is 1. The molecule has 2 aromatic carbocycles. The predicted octanol–water partition coefficient (Wildman–Crippen LogP) is 5.69. The van der Waals surface area contributed by atoms with Gasteiger partial charge < -0.3 is 10.1 Å². The van der Waals surface area contributed by atoms with E-state index >= 15 is 0 Å². The molecule has 34 heavy (non-hydrogen) atoms. The molecule has 7 nitrogen and oxygen atoms in total. The Bertz CT molecular complexity index is 1300. The molecule has 174 valence electrons. The van der Waals surface area contributed by atoms with E-state index in [4.69, 9.17) is 16.3 Å². The zero-order chi connectivity index (χ0) is 23.9. The van der Waals surface area contributed by atoms with Crippen molar-refractivity contribution in [3.63, 3.8) is 0 Å².